The fourth-order valence-corrected chi connectivity index (χ4v) is 3.00. The van der Waals surface area contributed by atoms with Crippen LogP contribution >= 0.6 is 0 Å². The number of ether oxygens (including phenoxy) is 1. The van der Waals surface area contributed by atoms with Gasteiger partial charge in [0.1, 0.15) is 29.5 Å². The zero-order valence-electron chi connectivity index (χ0n) is 14.1. The van der Waals surface area contributed by atoms with Gasteiger partial charge in [-0.15, -0.1) is 0 Å². The van der Waals surface area contributed by atoms with E-state index in [1.807, 2.05) is 31.2 Å². The van der Waals surface area contributed by atoms with Crippen LogP contribution in [0.4, 0.5) is 4.79 Å². The molecular formula is C18H22N2O4. The Balaban J connectivity index is 1.59. The maximum Gasteiger partial charge on any atom is 0.315 e. The maximum absolute atomic E-state index is 12.2. The van der Waals surface area contributed by atoms with E-state index in [4.69, 9.17) is 9.15 Å². The van der Waals surface area contributed by atoms with Crippen molar-refractivity contribution < 1.29 is 19.1 Å². The summed E-state index contributed by atoms with van der Waals surface area (Å²) in [5, 5.41) is 16.2. The molecule has 128 valence electrons. The van der Waals surface area contributed by atoms with Gasteiger partial charge < -0.3 is 24.9 Å². The summed E-state index contributed by atoms with van der Waals surface area (Å²) in [6.45, 7) is 5.75. The first kappa shape index (κ1) is 16.4. The second kappa shape index (κ2) is 6.20. The van der Waals surface area contributed by atoms with E-state index in [0.717, 1.165) is 17.1 Å². The number of aryl methyl sites for hydroxylation is 2. The monoisotopic (exact) mass is 330 g/mol. The minimum absolute atomic E-state index is 0.0773. The molecule has 24 heavy (non-hydrogen) atoms. The lowest BCUT2D eigenvalue weighted by Crippen LogP contribution is -2.44. The zero-order chi connectivity index (χ0) is 17.3. The van der Waals surface area contributed by atoms with Crippen LogP contribution in [-0.4, -0.2) is 24.3 Å². The molecule has 2 heterocycles. The molecule has 6 nitrogen and oxygen atoms in total. The summed E-state index contributed by atoms with van der Waals surface area (Å²) < 4.78 is 11.0. The van der Waals surface area contributed by atoms with Crippen molar-refractivity contribution in [3.8, 4) is 5.75 Å². The average Bonchev–Trinajstić information content (AvgIpc) is 3.09. The van der Waals surface area contributed by atoms with E-state index in [0.29, 0.717) is 17.9 Å². The van der Waals surface area contributed by atoms with E-state index < -0.39 is 5.60 Å². The van der Waals surface area contributed by atoms with Gasteiger partial charge in [-0.3, -0.25) is 0 Å². The number of hydrogen-bond acceptors (Lipinski definition) is 4. The highest BCUT2D eigenvalue weighted by molar-refractivity contribution is 5.75. The third kappa shape index (κ3) is 3.23. The van der Waals surface area contributed by atoms with Crippen molar-refractivity contribution in [3.63, 3.8) is 0 Å². The molecule has 3 N–H and O–H groups in total. The number of furan rings is 1. The largest absolute Gasteiger partial charge is 0.491 e. The molecule has 2 aromatic rings. The highest BCUT2D eigenvalue weighted by Gasteiger charge is 2.29. The predicted octanol–water partition coefficient (Wildman–Crippen LogP) is 2.54. The summed E-state index contributed by atoms with van der Waals surface area (Å²) in [5.74, 6) is 2.17. The van der Waals surface area contributed by atoms with E-state index in [1.54, 1.807) is 19.9 Å². The number of nitrogens with one attached hydrogen (secondary N) is 2. The van der Waals surface area contributed by atoms with Crippen LogP contribution < -0.4 is 15.4 Å². The predicted molar refractivity (Wildman–Crippen MR) is 89.0 cm³/mol. The lowest BCUT2D eigenvalue weighted by Gasteiger charge is -2.24. The second-order valence-electron chi connectivity index (χ2n) is 6.33. The Hall–Kier alpha value is -2.47. The normalized spacial score (nSPS) is 18.4. The van der Waals surface area contributed by atoms with Gasteiger partial charge in [-0.25, -0.2) is 4.79 Å². The number of aliphatic hydroxyl groups is 1. The first-order valence-electron chi connectivity index (χ1n) is 7.93. The zero-order valence-corrected chi connectivity index (χ0v) is 14.1. The molecule has 0 radical (unpaired) electrons. The van der Waals surface area contributed by atoms with Gasteiger partial charge in [0, 0.05) is 11.1 Å². The van der Waals surface area contributed by atoms with E-state index in [2.05, 4.69) is 10.6 Å². The van der Waals surface area contributed by atoms with Crippen LogP contribution in [0.3, 0.4) is 0 Å². The van der Waals surface area contributed by atoms with Crippen molar-refractivity contribution in [2.45, 2.75) is 32.4 Å². The van der Waals surface area contributed by atoms with Gasteiger partial charge >= 0.3 is 6.03 Å². The molecule has 1 aromatic heterocycles. The van der Waals surface area contributed by atoms with Crippen LogP contribution in [0.15, 0.2) is 34.7 Å². The maximum atomic E-state index is 12.2. The van der Waals surface area contributed by atoms with Gasteiger partial charge in [-0.05, 0) is 32.9 Å². The fourth-order valence-electron chi connectivity index (χ4n) is 3.00. The Morgan fingerprint density at radius 3 is 2.83 bits per heavy atom. The van der Waals surface area contributed by atoms with Crippen molar-refractivity contribution in [2.24, 2.45) is 0 Å². The van der Waals surface area contributed by atoms with E-state index in [1.165, 1.54) is 0 Å². The number of urea groups is 1. The van der Waals surface area contributed by atoms with Crippen LogP contribution in [0.2, 0.25) is 0 Å². The molecule has 0 bridgehead atoms. The van der Waals surface area contributed by atoms with Gasteiger partial charge in [0.25, 0.3) is 0 Å². The average molecular weight is 330 g/mol. The molecule has 1 aliphatic heterocycles. The number of carbonyl (C=O) groups excluding carboxylic acids is 1. The summed E-state index contributed by atoms with van der Waals surface area (Å²) in [6.07, 6.45) is 0. The molecule has 3 rings (SSSR count). The molecule has 0 saturated carbocycles. The summed E-state index contributed by atoms with van der Waals surface area (Å²) in [7, 11) is 0. The molecule has 0 unspecified atom stereocenters. The number of amides is 2. The molecule has 0 spiro atoms. The summed E-state index contributed by atoms with van der Waals surface area (Å²) in [4.78, 5) is 12.2. The molecule has 1 aromatic carbocycles. The van der Waals surface area contributed by atoms with Crippen LogP contribution in [0.1, 0.15) is 35.6 Å². The minimum atomic E-state index is -1.21. The summed E-state index contributed by atoms with van der Waals surface area (Å²) in [5.41, 5.74) is 0.430. The molecule has 0 fully saturated rings. The molecule has 2 amide bonds. The highest BCUT2D eigenvalue weighted by Crippen LogP contribution is 2.31. The standard InChI is InChI=1S/C18H22N2O4/c1-11-8-14(12(2)24-11)18(3,22)10-19-17(21)20-15-9-23-16-7-5-4-6-13(15)16/h4-8,15,22H,9-10H2,1-3H3,(H2,19,20,21)/t15-,18+/m1/s1. The smallest absolute Gasteiger partial charge is 0.315 e. The molecule has 0 saturated heterocycles. The topological polar surface area (TPSA) is 83.7 Å². The number of fused-ring (bicyclic) bond motifs is 1. The van der Waals surface area contributed by atoms with Crippen molar-refractivity contribution >= 4 is 6.03 Å². The minimum Gasteiger partial charge on any atom is -0.491 e. The Bertz CT molecular complexity index is 751. The molecule has 6 heteroatoms. The molecular weight excluding hydrogens is 308 g/mol. The first-order valence-corrected chi connectivity index (χ1v) is 7.93. The lowest BCUT2D eigenvalue weighted by molar-refractivity contribution is 0.0577. The van der Waals surface area contributed by atoms with Crippen molar-refractivity contribution in [1.29, 1.82) is 0 Å². The summed E-state index contributed by atoms with van der Waals surface area (Å²) in [6, 6.07) is 8.87. The second-order valence-corrected chi connectivity index (χ2v) is 6.33. The van der Waals surface area contributed by atoms with Gasteiger partial charge in [0.05, 0.1) is 12.6 Å². The molecule has 2 atom stereocenters. The quantitative estimate of drug-likeness (QED) is 0.804. The number of para-hydroxylation sites is 1. The number of benzene rings is 1. The third-order valence-corrected chi connectivity index (χ3v) is 4.22. The van der Waals surface area contributed by atoms with Crippen molar-refractivity contribution in [2.75, 3.05) is 13.2 Å². The van der Waals surface area contributed by atoms with Crippen LogP contribution in [0.5, 0.6) is 5.75 Å². The number of hydrogen-bond donors (Lipinski definition) is 3. The van der Waals surface area contributed by atoms with Gasteiger partial charge in [-0.2, -0.15) is 0 Å². The highest BCUT2D eigenvalue weighted by atomic mass is 16.5. The molecule has 1 aliphatic rings. The van der Waals surface area contributed by atoms with Gasteiger partial charge in [0.2, 0.25) is 0 Å². The number of carbonyl (C=O) groups is 1. The van der Waals surface area contributed by atoms with E-state index in [-0.39, 0.29) is 18.6 Å². The van der Waals surface area contributed by atoms with Crippen LogP contribution in [0.25, 0.3) is 0 Å². The Morgan fingerprint density at radius 1 is 1.38 bits per heavy atom. The SMILES string of the molecule is Cc1cc([C@@](C)(O)CNC(=O)N[C@@H]2COc3ccccc32)c(C)o1. The number of rotatable bonds is 4. The Kier molecular flexibility index (Phi) is 4.24. The first-order chi connectivity index (χ1) is 11.4. The van der Waals surface area contributed by atoms with Crippen molar-refractivity contribution in [3.05, 3.63) is 53.0 Å². The third-order valence-electron chi connectivity index (χ3n) is 4.22. The van der Waals surface area contributed by atoms with Crippen LogP contribution in [-0.2, 0) is 5.60 Å². The van der Waals surface area contributed by atoms with Crippen molar-refractivity contribution in [1.82, 2.24) is 10.6 Å². The summed E-state index contributed by atoms with van der Waals surface area (Å²) >= 11 is 0. The lowest BCUT2D eigenvalue weighted by atomic mass is 9.96. The molecule has 0 aliphatic carbocycles. The van der Waals surface area contributed by atoms with Gasteiger partial charge in [0.15, 0.2) is 0 Å². The van der Waals surface area contributed by atoms with Gasteiger partial charge in [-0.1, -0.05) is 18.2 Å². The Labute approximate surface area is 140 Å². The fraction of sp³-hybridized carbons (Fsp3) is 0.389. The van der Waals surface area contributed by atoms with E-state index in [9.17, 15) is 9.90 Å². The Morgan fingerprint density at radius 2 is 2.12 bits per heavy atom. The van der Waals surface area contributed by atoms with Crippen LogP contribution in [0, 0.1) is 13.8 Å². The van der Waals surface area contributed by atoms with E-state index >= 15 is 0 Å².